The molecule has 1 fully saturated rings. The van der Waals surface area contributed by atoms with E-state index in [0.29, 0.717) is 11.5 Å². The number of hydrogen-bond acceptors (Lipinski definition) is 5. The van der Waals surface area contributed by atoms with E-state index >= 15 is 0 Å². The van der Waals surface area contributed by atoms with E-state index in [9.17, 15) is 13.2 Å². The van der Waals surface area contributed by atoms with Gasteiger partial charge in [-0.1, -0.05) is 19.3 Å². The molecule has 0 atom stereocenters. The zero-order valence-corrected chi connectivity index (χ0v) is 13.7. The molecular formula is C15H19N3O4S. The van der Waals surface area contributed by atoms with Crippen LogP contribution in [0.5, 0.6) is 0 Å². The number of rotatable bonds is 4. The quantitative estimate of drug-likeness (QED) is 0.920. The molecule has 0 unspecified atom stereocenters. The number of nitrogens with one attached hydrogen (secondary N) is 1. The molecule has 0 aromatic carbocycles. The summed E-state index contributed by atoms with van der Waals surface area (Å²) in [6.07, 6.45) is 5.02. The molecule has 2 aromatic heterocycles. The fourth-order valence-corrected chi connectivity index (χ4v) is 4.18. The van der Waals surface area contributed by atoms with Crippen LogP contribution < -0.4 is 5.56 Å². The molecule has 1 aliphatic rings. The van der Waals surface area contributed by atoms with Gasteiger partial charge in [-0.25, -0.2) is 13.5 Å². The van der Waals surface area contributed by atoms with Crippen molar-refractivity contribution in [2.24, 2.45) is 0 Å². The number of hydrogen-bond donors (Lipinski definition) is 1. The van der Waals surface area contributed by atoms with E-state index in [1.807, 2.05) is 0 Å². The Kier molecular flexibility index (Phi) is 4.36. The Bertz CT molecular complexity index is 814. The molecule has 3 rings (SSSR count). The average Bonchev–Trinajstić information content (AvgIpc) is 3.06. The topological polar surface area (TPSA) is 96.3 Å². The summed E-state index contributed by atoms with van der Waals surface area (Å²) in [6.45, 7) is 0. The average molecular weight is 337 g/mol. The van der Waals surface area contributed by atoms with Crippen LogP contribution in [0.4, 0.5) is 0 Å². The first-order valence-electron chi connectivity index (χ1n) is 7.62. The normalized spacial score (nSPS) is 16.8. The molecule has 0 bridgehead atoms. The van der Waals surface area contributed by atoms with Gasteiger partial charge in [-0.05, 0) is 31.0 Å². The van der Waals surface area contributed by atoms with Crippen LogP contribution in [0.25, 0.3) is 11.5 Å². The van der Waals surface area contributed by atoms with Crippen molar-refractivity contribution < 1.29 is 12.8 Å². The summed E-state index contributed by atoms with van der Waals surface area (Å²) in [7, 11) is -2.06. The molecule has 0 amide bonds. The highest BCUT2D eigenvalue weighted by molar-refractivity contribution is 7.89. The van der Waals surface area contributed by atoms with Gasteiger partial charge in [-0.2, -0.15) is 9.40 Å². The minimum Gasteiger partial charge on any atom is -0.442 e. The molecule has 2 heterocycles. The molecule has 23 heavy (non-hydrogen) atoms. The Morgan fingerprint density at radius 3 is 2.57 bits per heavy atom. The van der Waals surface area contributed by atoms with Gasteiger partial charge in [0.05, 0.1) is 0 Å². The summed E-state index contributed by atoms with van der Waals surface area (Å²) in [6, 6.07) is 5.79. The SMILES string of the molecule is CN(C1CCCCC1)S(=O)(=O)c1ccc(-c2ccc(=O)[nH]n2)o1. The van der Waals surface area contributed by atoms with Crippen LogP contribution >= 0.6 is 0 Å². The zero-order valence-electron chi connectivity index (χ0n) is 12.9. The highest BCUT2D eigenvalue weighted by atomic mass is 32.2. The maximum atomic E-state index is 12.7. The first-order valence-corrected chi connectivity index (χ1v) is 9.06. The summed E-state index contributed by atoms with van der Waals surface area (Å²) in [4.78, 5) is 11.0. The Labute approximate surface area is 134 Å². The van der Waals surface area contributed by atoms with Gasteiger partial charge < -0.3 is 4.42 Å². The Hall–Kier alpha value is -1.93. The highest BCUT2D eigenvalue weighted by Gasteiger charge is 2.31. The van der Waals surface area contributed by atoms with Crippen molar-refractivity contribution in [1.29, 1.82) is 0 Å². The molecule has 1 aliphatic carbocycles. The van der Waals surface area contributed by atoms with Crippen molar-refractivity contribution in [3.8, 4) is 11.5 Å². The summed E-state index contributed by atoms with van der Waals surface area (Å²) in [5.41, 5.74) is 0.0524. The van der Waals surface area contributed by atoms with Gasteiger partial charge in [0.2, 0.25) is 5.09 Å². The van der Waals surface area contributed by atoms with E-state index in [1.165, 1.54) is 22.5 Å². The largest absolute Gasteiger partial charge is 0.442 e. The third-order valence-electron chi connectivity index (χ3n) is 4.24. The lowest BCUT2D eigenvalue weighted by Crippen LogP contribution is -2.38. The standard InChI is InChI=1S/C15H19N3O4S/c1-18(11-5-3-2-4-6-11)23(20,21)15-10-8-13(22-15)12-7-9-14(19)17-16-12/h7-11H,2-6H2,1H3,(H,17,19). The first kappa shape index (κ1) is 15.9. The van der Waals surface area contributed by atoms with Crippen LogP contribution in [0, 0.1) is 0 Å². The van der Waals surface area contributed by atoms with Crippen molar-refractivity contribution >= 4 is 10.0 Å². The molecule has 0 spiro atoms. The monoisotopic (exact) mass is 337 g/mol. The molecular weight excluding hydrogens is 318 g/mol. The summed E-state index contributed by atoms with van der Waals surface area (Å²) >= 11 is 0. The van der Waals surface area contributed by atoms with Gasteiger partial charge in [0.25, 0.3) is 15.6 Å². The molecule has 0 saturated heterocycles. The molecule has 7 nitrogen and oxygen atoms in total. The zero-order chi connectivity index (χ0) is 16.4. The second kappa shape index (κ2) is 6.29. The minimum atomic E-state index is -3.67. The van der Waals surface area contributed by atoms with Gasteiger partial charge >= 0.3 is 0 Å². The number of aromatic amines is 1. The number of nitrogens with zero attached hydrogens (tertiary/aromatic N) is 2. The second-order valence-electron chi connectivity index (χ2n) is 5.74. The molecule has 0 radical (unpaired) electrons. The lowest BCUT2D eigenvalue weighted by atomic mass is 9.96. The Morgan fingerprint density at radius 1 is 1.17 bits per heavy atom. The minimum absolute atomic E-state index is 0.0218. The number of H-pyrrole nitrogens is 1. The second-order valence-corrected chi connectivity index (χ2v) is 7.67. The van der Waals surface area contributed by atoms with Crippen LogP contribution in [0.15, 0.2) is 38.6 Å². The third-order valence-corrected chi connectivity index (χ3v) is 6.02. The van der Waals surface area contributed by atoms with E-state index in [-0.39, 0.29) is 16.7 Å². The summed E-state index contributed by atoms with van der Waals surface area (Å²) < 4.78 is 32.3. The van der Waals surface area contributed by atoms with Gasteiger partial charge in [0, 0.05) is 19.2 Å². The predicted octanol–water partition coefficient (Wildman–Crippen LogP) is 1.98. The highest BCUT2D eigenvalue weighted by Crippen LogP contribution is 2.29. The van der Waals surface area contributed by atoms with Crippen molar-refractivity contribution in [2.45, 2.75) is 43.2 Å². The van der Waals surface area contributed by atoms with Crippen LogP contribution in [0.3, 0.4) is 0 Å². The number of aromatic nitrogens is 2. The molecule has 1 N–H and O–H groups in total. The van der Waals surface area contributed by atoms with Crippen molar-refractivity contribution in [3.05, 3.63) is 34.6 Å². The van der Waals surface area contributed by atoms with E-state index in [2.05, 4.69) is 10.2 Å². The molecule has 124 valence electrons. The lowest BCUT2D eigenvalue weighted by Gasteiger charge is -2.29. The van der Waals surface area contributed by atoms with Gasteiger partial charge in [-0.3, -0.25) is 4.79 Å². The number of furan rings is 1. The smallest absolute Gasteiger partial charge is 0.276 e. The van der Waals surface area contributed by atoms with Gasteiger partial charge in [-0.15, -0.1) is 0 Å². The predicted molar refractivity (Wildman–Crippen MR) is 84.4 cm³/mol. The maximum absolute atomic E-state index is 12.7. The van der Waals surface area contributed by atoms with E-state index in [4.69, 9.17) is 4.42 Å². The fraction of sp³-hybridized carbons (Fsp3) is 0.467. The summed E-state index contributed by atoms with van der Waals surface area (Å²) in [5.74, 6) is 0.303. The lowest BCUT2D eigenvalue weighted by molar-refractivity contribution is 0.280. The molecule has 2 aromatic rings. The fourth-order valence-electron chi connectivity index (χ4n) is 2.86. The van der Waals surface area contributed by atoms with Crippen molar-refractivity contribution in [1.82, 2.24) is 14.5 Å². The molecule has 1 saturated carbocycles. The van der Waals surface area contributed by atoms with Gasteiger partial charge in [0.15, 0.2) is 5.76 Å². The van der Waals surface area contributed by atoms with Crippen molar-refractivity contribution in [3.63, 3.8) is 0 Å². The van der Waals surface area contributed by atoms with Crippen LogP contribution in [-0.4, -0.2) is 36.0 Å². The van der Waals surface area contributed by atoms with Crippen LogP contribution in [0.2, 0.25) is 0 Å². The van der Waals surface area contributed by atoms with Crippen LogP contribution in [0.1, 0.15) is 32.1 Å². The van der Waals surface area contributed by atoms with E-state index in [0.717, 1.165) is 32.1 Å². The Morgan fingerprint density at radius 2 is 1.91 bits per heavy atom. The maximum Gasteiger partial charge on any atom is 0.276 e. The van der Waals surface area contributed by atoms with E-state index in [1.54, 1.807) is 13.1 Å². The third kappa shape index (κ3) is 3.23. The summed E-state index contributed by atoms with van der Waals surface area (Å²) in [5, 5.41) is 6.03. The number of sulfonamides is 1. The van der Waals surface area contributed by atoms with E-state index < -0.39 is 10.0 Å². The molecule has 0 aliphatic heterocycles. The molecule has 8 heteroatoms. The van der Waals surface area contributed by atoms with Crippen LogP contribution in [-0.2, 0) is 10.0 Å². The first-order chi connectivity index (χ1) is 11.0. The van der Waals surface area contributed by atoms with Crippen molar-refractivity contribution in [2.75, 3.05) is 7.05 Å². The van der Waals surface area contributed by atoms with Gasteiger partial charge in [0.1, 0.15) is 5.69 Å². The Balaban J connectivity index is 1.86.